The Labute approximate surface area is 94.9 Å². The van der Waals surface area contributed by atoms with Crippen LogP contribution in [0.4, 0.5) is 0 Å². The Morgan fingerprint density at radius 2 is 0.933 bits per heavy atom. The number of hydrogen-bond acceptors (Lipinski definition) is 2. The highest BCUT2D eigenvalue weighted by atomic mass is 15.6. The lowest BCUT2D eigenvalue weighted by atomic mass is 10.3. The Balaban J connectivity index is 3.96. The quantitative estimate of drug-likeness (QED) is 0.360. The van der Waals surface area contributed by atoms with E-state index in [0.29, 0.717) is 9.18 Å². The van der Waals surface area contributed by atoms with Crippen LogP contribution in [0.3, 0.4) is 0 Å². The molecular formula is C11H30N4+2. The summed E-state index contributed by atoms with van der Waals surface area (Å²) in [5, 5.41) is 0. The minimum atomic E-state index is 0.674. The van der Waals surface area contributed by atoms with Crippen LogP contribution in [0.2, 0.25) is 0 Å². The van der Waals surface area contributed by atoms with Crippen molar-refractivity contribution >= 4 is 0 Å². The Kier molecular flexibility index (Phi) is 6.36. The van der Waals surface area contributed by atoms with Gasteiger partial charge in [-0.25, -0.2) is 9.18 Å². The summed E-state index contributed by atoms with van der Waals surface area (Å²) in [6, 6.07) is 0. The van der Waals surface area contributed by atoms with E-state index in [-0.39, 0.29) is 0 Å². The lowest BCUT2D eigenvalue weighted by molar-refractivity contribution is -0.954. The molecule has 15 heavy (non-hydrogen) atoms. The fourth-order valence-electron chi connectivity index (χ4n) is 1.78. The van der Waals surface area contributed by atoms with Gasteiger partial charge >= 0.3 is 0 Å². The van der Waals surface area contributed by atoms with Crippen LogP contribution in [0.25, 0.3) is 0 Å². The molecule has 0 saturated carbocycles. The third-order valence-electron chi connectivity index (χ3n) is 3.73. The molecule has 4 nitrogen and oxygen atoms in total. The number of nitrogens with zero attached hydrogens (tertiary/aromatic N) is 2. The van der Waals surface area contributed by atoms with Crippen molar-refractivity contribution in [3.63, 3.8) is 0 Å². The normalized spacial score (nSPS) is 13.2. The van der Waals surface area contributed by atoms with E-state index in [1.807, 2.05) is 0 Å². The summed E-state index contributed by atoms with van der Waals surface area (Å²) in [7, 11) is 0. The van der Waals surface area contributed by atoms with Crippen LogP contribution in [-0.4, -0.2) is 48.5 Å². The first kappa shape index (κ1) is 14.8. The summed E-state index contributed by atoms with van der Waals surface area (Å²) < 4.78 is 1.35. The van der Waals surface area contributed by atoms with Gasteiger partial charge in [-0.3, -0.25) is 0 Å². The summed E-state index contributed by atoms with van der Waals surface area (Å²) >= 11 is 0. The van der Waals surface area contributed by atoms with Crippen molar-refractivity contribution in [2.75, 3.05) is 39.3 Å². The minimum Gasteiger partial charge on any atom is -0.248 e. The maximum atomic E-state index is 6.20. The molecule has 0 aromatic rings. The summed E-state index contributed by atoms with van der Waals surface area (Å²) in [6.45, 7) is 14.6. The average molecular weight is 218 g/mol. The standard InChI is InChI=1S/C11H30N4/c1-5-14(12,6-2)10-9-11-15(13,7-3)8-4/h5-13H2,1-4H3/q+2. The monoisotopic (exact) mass is 218 g/mol. The molecule has 0 amide bonds. The highest BCUT2D eigenvalue weighted by molar-refractivity contribution is 4.38. The molecule has 0 heterocycles. The highest BCUT2D eigenvalue weighted by Gasteiger charge is 2.22. The maximum Gasteiger partial charge on any atom is 0.101 e. The van der Waals surface area contributed by atoms with E-state index in [1.165, 1.54) is 0 Å². The molecule has 0 atom stereocenters. The van der Waals surface area contributed by atoms with Gasteiger partial charge in [0, 0.05) is 6.42 Å². The van der Waals surface area contributed by atoms with Crippen molar-refractivity contribution < 1.29 is 9.18 Å². The average Bonchev–Trinajstić information content (AvgIpc) is 2.28. The lowest BCUT2D eigenvalue weighted by Gasteiger charge is -2.34. The molecule has 0 unspecified atom stereocenters. The van der Waals surface area contributed by atoms with Crippen LogP contribution >= 0.6 is 0 Å². The zero-order valence-electron chi connectivity index (χ0n) is 11.0. The number of nitrogens with two attached hydrogens (primary N) is 2. The first-order valence-electron chi connectivity index (χ1n) is 6.24. The molecule has 4 heteroatoms. The first-order chi connectivity index (χ1) is 6.95. The molecule has 0 aliphatic rings. The Hall–Kier alpha value is -0.160. The van der Waals surface area contributed by atoms with Gasteiger partial charge < -0.3 is 0 Å². The smallest absolute Gasteiger partial charge is 0.101 e. The van der Waals surface area contributed by atoms with Gasteiger partial charge in [0.1, 0.15) is 13.1 Å². The number of rotatable bonds is 8. The third-order valence-corrected chi connectivity index (χ3v) is 3.73. The minimum absolute atomic E-state index is 0.674. The maximum absolute atomic E-state index is 6.20. The van der Waals surface area contributed by atoms with Crippen molar-refractivity contribution in [1.82, 2.24) is 0 Å². The molecule has 0 aromatic carbocycles. The Bertz CT molecular complexity index is 144. The molecule has 0 aliphatic carbocycles. The fourth-order valence-corrected chi connectivity index (χ4v) is 1.78. The van der Waals surface area contributed by atoms with Crippen LogP contribution < -0.4 is 11.7 Å². The second-order valence-corrected chi connectivity index (χ2v) is 4.50. The molecular weight excluding hydrogens is 188 g/mol. The summed E-state index contributed by atoms with van der Waals surface area (Å²) in [4.78, 5) is 0. The van der Waals surface area contributed by atoms with E-state index in [9.17, 15) is 0 Å². The van der Waals surface area contributed by atoms with Gasteiger partial charge in [-0.2, -0.15) is 11.7 Å². The molecule has 0 radical (unpaired) electrons. The molecule has 4 N–H and O–H groups in total. The molecule has 0 saturated heterocycles. The van der Waals surface area contributed by atoms with Gasteiger partial charge in [0.2, 0.25) is 0 Å². The summed E-state index contributed by atoms with van der Waals surface area (Å²) in [5.41, 5.74) is 0. The van der Waals surface area contributed by atoms with E-state index < -0.39 is 0 Å². The zero-order valence-corrected chi connectivity index (χ0v) is 11.0. The van der Waals surface area contributed by atoms with E-state index in [0.717, 1.165) is 45.7 Å². The Morgan fingerprint density at radius 1 is 0.667 bits per heavy atom. The van der Waals surface area contributed by atoms with Crippen LogP contribution in [0.15, 0.2) is 0 Å². The van der Waals surface area contributed by atoms with Gasteiger partial charge in [0.15, 0.2) is 0 Å². The lowest BCUT2D eigenvalue weighted by Crippen LogP contribution is -2.58. The van der Waals surface area contributed by atoms with E-state index in [1.54, 1.807) is 0 Å². The second-order valence-electron chi connectivity index (χ2n) is 4.50. The predicted octanol–water partition coefficient (Wildman–Crippen LogP) is 0.837. The highest BCUT2D eigenvalue weighted by Crippen LogP contribution is 2.03. The van der Waals surface area contributed by atoms with Gasteiger partial charge in [0.05, 0.1) is 26.2 Å². The molecule has 0 fully saturated rings. The van der Waals surface area contributed by atoms with Crippen molar-refractivity contribution in [3.05, 3.63) is 0 Å². The fraction of sp³-hybridized carbons (Fsp3) is 1.00. The predicted molar refractivity (Wildman–Crippen MR) is 65.4 cm³/mol. The number of quaternary nitrogens is 2. The van der Waals surface area contributed by atoms with Crippen molar-refractivity contribution in [3.8, 4) is 0 Å². The van der Waals surface area contributed by atoms with Crippen molar-refractivity contribution in [2.45, 2.75) is 34.1 Å². The van der Waals surface area contributed by atoms with E-state index in [4.69, 9.17) is 11.7 Å². The van der Waals surface area contributed by atoms with E-state index in [2.05, 4.69) is 27.7 Å². The van der Waals surface area contributed by atoms with Gasteiger partial charge in [-0.15, -0.1) is 0 Å². The summed E-state index contributed by atoms with van der Waals surface area (Å²) in [5.74, 6) is 12.4. The first-order valence-corrected chi connectivity index (χ1v) is 6.24. The Morgan fingerprint density at radius 3 is 1.13 bits per heavy atom. The van der Waals surface area contributed by atoms with Crippen LogP contribution in [-0.2, 0) is 0 Å². The SMILES string of the molecule is CC[N+](N)(CC)CCC[N+](N)(CC)CC. The molecule has 92 valence electrons. The topological polar surface area (TPSA) is 52.0 Å². The van der Waals surface area contributed by atoms with Crippen molar-refractivity contribution in [1.29, 1.82) is 0 Å². The van der Waals surface area contributed by atoms with Gasteiger partial charge in [0.25, 0.3) is 0 Å². The van der Waals surface area contributed by atoms with Gasteiger partial charge in [-0.1, -0.05) is 0 Å². The summed E-state index contributed by atoms with van der Waals surface area (Å²) in [6.07, 6.45) is 1.11. The molecule has 0 rings (SSSR count). The molecule has 0 bridgehead atoms. The second kappa shape index (κ2) is 6.43. The largest absolute Gasteiger partial charge is 0.248 e. The third kappa shape index (κ3) is 4.93. The van der Waals surface area contributed by atoms with E-state index >= 15 is 0 Å². The van der Waals surface area contributed by atoms with Crippen LogP contribution in [0, 0.1) is 0 Å². The molecule has 0 aliphatic heterocycles. The number of hydrogen-bond donors (Lipinski definition) is 2. The zero-order chi connectivity index (χ0) is 11.9. The molecule has 0 spiro atoms. The van der Waals surface area contributed by atoms with Gasteiger partial charge in [-0.05, 0) is 27.7 Å². The van der Waals surface area contributed by atoms with Crippen LogP contribution in [0.5, 0.6) is 0 Å². The van der Waals surface area contributed by atoms with Crippen molar-refractivity contribution in [2.24, 2.45) is 11.7 Å². The molecule has 0 aromatic heterocycles. The van der Waals surface area contributed by atoms with Crippen LogP contribution in [0.1, 0.15) is 34.1 Å².